The van der Waals surface area contributed by atoms with E-state index in [1.165, 1.54) is 57.8 Å². The number of aliphatic hydroxyl groups is 3. The summed E-state index contributed by atoms with van der Waals surface area (Å²) in [7, 11) is 0. The van der Waals surface area contributed by atoms with Gasteiger partial charge in [0.1, 0.15) is 0 Å². The van der Waals surface area contributed by atoms with Gasteiger partial charge in [-0.15, -0.1) is 0 Å². The van der Waals surface area contributed by atoms with Crippen molar-refractivity contribution in [2.24, 2.45) is 0 Å². The van der Waals surface area contributed by atoms with Crippen LogP contribution >= 0.6 is 0 Å². The first-order valence-corrected chi connectivity index (χ1v) is 7.57. The monoisotopic (exact) mass is 264 g/mol. The van der Waals surface area contributed by atoms with Crippen molar-refractivity contribution in [3.05, 3.63) is 0 Å². The molecule has 0 radical (unpaired) electrons. The first-order valence-electron chi connectivity index (χ1n) is 7.57. The van der Waals surface area contributed by atoms with Crippen molar-refractivity contribution in [3.63, 3.8) is 0 Å². The number of rotatable bonds is 0. The van der Waals surface area contributed by atoms with E-state index in [1.807, 2.05) is 0 Å². The van der Waals surface area contributed by atoms with E-state index in [-0.39, 0.29) is 19.8 Å². The maximum absolute atomic E-state index is 7.57. The van der Waals surface area contributed by atoms with Crippen LogP contribution in [0.4, 0.5) is 0 Å². The van der Waals surface area contributed by atoms with E-state index in [0.29, 0.717) is 0 Å². The van der Waals surface area contributed by atoms with Crippen molar-refractivity contribution in [2.45, 2.75) is 78.6 Å². The van der Waals surface area contributed by atoms with Crippen LogP contribution in [0.1, 0.15) is 78.6 Å². The molecule has 0 unspecified atom stereocenters. The van der Waals surface area contributed by atoms with Crippen LogP contribution in [0, 0.1) is 0 Å². The average Bonchev–Trinajstić information content (AvgIpc) is 2.47. The van der Waals surface area contributed by atoms with Crippen LogP contribution in [0.3, 0.4) is 0 Å². The lowest BCUT2D eigenvalue weighted by Gasteiger charge is -1.93. The molecule has 0 spiro atoms. The zero-order valence-corrected chi connectivity index (χ0v) is 12.8. The fraction of sp³-hybridized carbons (Fsp3) is 1.00. The van der Waals surface area contributed by atoms with E-state index >= 15 is 0 Å². The molecule has 114 valence electrons. The molecule has 1 saturated carbocycles. The Hall–Kier alpha value is -0.120. The fourth-order valence-corrected chi connectivity index (χ4v) is 1.59. The third kappa shape index (κ3) is 44.6. The lowest BCUT2D eigenvalue weighted by atomic mass is 10.1. The second-order valence-electron chi connectivity index (χ2n) is 4.13. The van der Waals surface area contributed by atoms with Crippen LogP contribution in [0.25, 0.3) is 0 Å². The van der Waals surface area contributed by atoms with E-state index in [2.05, 4.69) is 0 Å². The summed E-state index contributed by atoms with van der Waals surface area (Å²) in [6.45, 7) is 5.79. The zero-order valence-electron chi connectivity index (χ0n) is 12.8. The van der Waals surface area contributed by atoms with E-state index in [0.717, 1.165) is 0 Å². The highest BCUT2D eigenvalue weighted by molar-refractivity contribution is 4.51. The average molecular weight is 264 g/mol. The van der Waals surface area contributed by atoms with Crippen LogP contribution in [0.2, 0.25) is 0 Å². The van der Waals surface area contributed by atoms with Gasteiger partial charge in [0.05, 0.1) is 0 Å². The predicted octanol–water partition coefficient (Wildman–Crippen LogP) is 3.51. The third-order valence-electron chi connectivity index (χ3n) is 2.25. The van der Waals surface area contributed by atoms with Crippen molar-refractivity contribution in [2.75, 3.05) is 19.8 Å². The summed E-state index contributed by atoms with van der Waals surface area (Å²) in [5, 5.41) is 22.7. The lowest BCUT2D eigenvalue weighted by Crippen LogP contribution is -1.73. The quantitative estimate of drug-likeness (QED) is 0.627. The van der Waals surface area contributed by atoms with Gasteiger partial charge < -0.3 is 15.3 Å². The maximum Gasteiger partial charge on any atom is 0.0402 e. The lowest BCUT2D eigenvalue weighted by molar-refractivity contribution is 0.318. The minimum atomic E-state index is 0.250. The molecule has 3 N–H and O–H groups in total. The maximum atomic E-state index is 7.57. The number of hydrogen-bond acceptors (Lipinski definition) is 3. The molecule has 0 aromatic carbocycles. The summed E-state index contributed by atoms with van der Waals surface area (Å²) >= 11 is 0. The highest BCUT2D eigenvalue weighted by atomic mass is 16.3. The van der Waals surface area contributed by atoms with Gasteiger partial charge in [-0.25, -0.2) is 0 Å². The predicted molar refractivity (Wildman–Crippen MR) is 79.8 cm³/mol. The van der Waals surface area contributed by atoms with Gasteiger partial charge in [-0.05, 0) is 20.8 Å². The Balaban J connectivity index is -0.000000210. The standard InChI is InChI=1S/C9H18.3C2H6O/c1-2-4-6-8-9-7-5-3-1;3*1-2-3/h1-9H2;3*3H,2H2,1H3. The Labute approximate surface area is 114 Å². The Morgan fingerprint density at radius 3 is 0.556 bits per heavy atom. The van der Waals surface area contributed by atoms with Gasteiger partial charge in [-0.2, -0.15) is 0 Å². The van der Waals surface area contributed by atoms with Crippen molar-refractivity contribution >= 4 is 0 Å². The molecule has 0 saturated heterocycles. The Bertz CT molecular complexity index is 64.5. The van der Waals surface area contributed by atoms with Crippen molar-refractivity contribution in [3.8, 4) is 0 Å². The van der Waals surface area contributed by atoms with Gasteiger partial charge in [-0.3, -0.25) is 0 Å². The summed E-state index contributed by atoms with van der Waals surface area (Å²) in [5.41, 5.74) is 0. The molecule has 3 nitrogen and oxygen atoms in total. The molecule has 3 heteroatoms. The summed E-state index contributed by atoms with van der Waals surface area (Å²) in [6, 6.07) is 0. The SMILES string of the molecule is C1CCCCCCCC1.CCO.CCO.CCO. The smallest absolute Gasteiger partial charge is 0.0402 e. The molecule has 0 amide bonds. The van der Waals surface area contributed by atoms with Gasteiger partial charge in [-0.1, -0.05) is 57.8 Å². The van der Waals surface area contributed by atoms with Crippen LogP contribution in [0.15, 0.2) is 0 Å². The number of hydrogen-bond donors (Lipinski definition) is 3. The highest BCUT2D eigenvalue weighted by Crippen LogP contribution is 2.15. The molecule has 0 bridgehead atoms. The van der Waals surface area contributed by atoms with Crippen LogP contribution in [0.5, 0.6) is 0 Å². The van der Waals surface area contributed by atoms with Crippen LogP contribution in [-0.2, 0) is 0 Å². The molecular formula is C15H36O3. The van der Waals surface area contributed by atoms with Gasteiger partial charge in [0.15, 0.2) is 0 Å². The van der Waals surface area contributed by atoms with E-state index in [1.54, 1.807) is 20.8 Å². The third-order valence-corrected chi connectivity index (χ3v) is 2.25. The van der Waals surface area contributed by atoms with Gasteiger partial charge in [0.25, 0.3) is 0 Å². The van der Waals surface area contributed by atoms with Crippen LogP contribution < -0.4 is 0 Å². The normalized spacial score (nSPS) is 15.0. The van der Waals surface area contributed by atoms with E-state index < -0.39 is 0 Å². The van der Waals surface area contributed by atoms with Gasteiger partial charge >= 0.3 is 0 Å². The summed E-state index contributed by atoms with van der Waals surface area (Å²) in [6.07, 6.45) is 13.5. The molecule has 18 heavy (non-hydrogen) atoms. The van der Waals surface area contributed by atoms with Crippen LogP contribution in [-0.4, -0.2) is 35.1 Å². The first kappa shape index (κ1) is 23.0. The Morgan fingerprint density at radius 2 is 0.500 bits per heavy atom. The minimum absolute atomic E-state index is 0.250. The van der Waals surface area contributed by atoms with Gasteiger partial charge in [0, 0.05) is 19.8 Å². The molecule has 0 aromatic rings. The molecule has 1 aliphatic carbocycles. The molecule has 0 aliphatic heterocycles. The molecular weight excluding hydrogens is 228 g/mol. The summed E-state index contributed by atoms with van der Waals surface area (Å²) < 4.78 is 0. The second-order valence-corrected chi connectivity index (χ2v) is 4.13. The topological polar surface area (TPSA) is 60.7 Å². The molecule has 0 heterocycles. The first-order chi connectivity index (χ1) is 8.74. The number of aliphatic hydroxyl groups excluding tert-OH is 3. The Morgan fingerprint density at radius 1 is 0.444 bits per heavy atom. The Kier molecular flexibility index (Phi) is 38.6. The minimum Gasteiger partial charge on any atom is -0.397 e. The van der Waals surface area contributed by atoms with Crippen molar-refractivity contribution in [1.82, 2.24) is 0 Å². The molecule has 1 fully saturated rings. The summed E-state index contributed by atoms with van der Waals surface area (Å²) in [5.74, 6) is 0. The molecule has 0 aromatic heterocycles. The van der Waals surface area contributed by atoms with E-state index in [9.17, 15) is 0 Å². The van der Waals surface area contributed by atoms with Crippen molar-refractivity contribution in [1.29, 1.82) is 0 Å². The molecule has 0 atom stereocenters. The second kappa shape index (κ2) is 30.2. The molecule has 1 aliphatic rings. The van der Waals surface area contributed by atoms with E-state index in [4.69, 9.17) is 15.3 Å². The molecule has 1 rings (SSSR count). The van der Waals surface area contributed by atoms with Crippen molar-refractivity contribution < 1.29 is 15.3 Å². The zero-order chi connectivity index (χ0) is 14.5. The summed E-state index contributed by atoms with van der Waals surface area (Å²) in [4.78, 5) is 0. The highest BCUT2D eigenvalue weighted by Gasteiger charge is 1.95. The van der Waals surface area contributed by atoms with Gasteiger partial charge in [0.2, 0.25) is 0 Å². The largest absolute Gasteiger partial charge is 0.397 e. The fourth-order valence-electron chi connectivity index (χ4n) is 1.59.